The summed E-state index contributed by atoms with van der Waals surface area (Å²) in [7, 11) is 0. The first-order valence-electron chi connectivity index (χ1n) is 7.26. The molecule has 0 radical (unpaired) electrons. The normalized spacial score (nSPS) is 26.3. The smallest absolute Gasteiger partial charge is 0.205 e. The van der Waals surface area contributed by atoms with E-state index in [1.165, 1.54) is 0 Å². The molecule has 2 N–H and O–H groups in total. The van der Waals surface area contributed by atoms with Crippen LogP contribution in [0.25, 0.3) is 0 Å². The van der Waals surface area contributed by atoms with Gasteiger partial charge in [-0.15, -0.1) is 0 Å². The summed E-state index contributed by atoms with van der Waals surface area (Å²) in [6.45, 7) is 0. The molecule has 3 aliphatic rings. The SMILES string of the molecule is N#CC1=C(N)OC(C2CC2)=C(C#N)C1C1=C(Cl)CCCC1. The minimum absolute atomic E-state index is 0.131. The largest absolute Gasteiger partial charge is 0.444 e. The summed E-state index contributed by atoms with van der Waals surface area (Å²) in [6, 6.07) is 4.37. The van der Waals surface area contributed by atoms with Gasteiger partial charge in [-0.25, -0.2) is 0 Å². The van der Waals surface area contributed by atoms with Gasteiger partial charge in [-0.1, -0.05) is 11.6 Å². The fourth-order valence-corrected chi connectivity index (χ4v) is 3.42. The van der Waals surface area contributed by atoms with Crippen LogP contribution in [0.1, 0.15) is 38.5 Å². The Morgan fingerprint density at radius 1 is 1.10 bits per heavy atom. The second-order valence-electron chi connectivity index (χ2n) is 5.73. The molecule has 2 aliphatic carbocycles. The molecule has 21 heavy (non-hydrogen) atoms. The van der Waals surface area contributed by atoms with Gasteiger partial charge in [0.15, 0.2) is 0 Å². The number of allylic oxidation sites excluding steroid dienone is 5. The molecule has 1 aliphatic heterocycles. The van der Waals surface area contributed by atoms with E-state index < -0.39 is 5.92 Å². The molecule has 0 saturated heterocycles. The third-order valence-electron chi connectivity index (χ3n) is 4.31. The lowest BCUT2D eigenvalue weighted by molar-refractivity contribution is 0.257. The highest BCUT2D eigenvalue weighted by atomic mass is 35.5. The third-order valence-corrected chi connectivity index (χ3v) is 4.74. The van der Waals surface area contributed by atoms with Crippen LogP contribution in [0.2, 0.25) is 0 Å². The topological polar surface area (TPSA) is 82.8 Å². The molecule has 1 atom stereocenters. The van der Waals surface area contributed by atoms with E-state index >= 15 is 0 Å². The Morgan fingerprint density at radius 2 is 1.76 bits per heavy atom. The summed E-state index contributed by atoms with van der Waals surface area (Å²) in [5.74, 6) is 0.647. The zero-order valence-electron chi connectivity index (χ0n) is 11.7. The molecule has 0 aromatic heterocycles. The van der Waals surface area contributed by atoms with Gasteiger partial charge in [-0.2, -0.15) is 10.5 Å². The standard InChI is InChI=1S/C16H16ClN3O/c17-13-4-2-1-3-10(13)14-11(7-18)15(9-5-6-9)21-16(20)12(14)8-19/h9,14H,1-6,20H2. The number of hydrogen-bond donors (Lipinski definition) is 1. The van der Waals surface area contributed by atoms with Crippen LogP contribution in [-0.4, -0.2) is 0 Å². The number of hydrogen-bond acceptors (Lipinski definition) is 4. The van der Waals surface area contributed by atoms with E-state index in [0.29, 0.717) is 16.9 Å². The molecular weight excluding hydrogens is 286 g/mol. The predicted molar refractivity (Wildman–Crippen MR) is 78.1 cm³/mol. The molecule has 4 nitrogen and oxygen atoms in total. The quantitative estimate of drug-likeness (QED) is 0.845. The van der Waals surface area contributed by atoms with Crippen molar-refractivity contribution in [2.24, 2.45) is 17.6 Å². The fourth-order valence-electron chi connectivity index (χ4n) is 3.09. The monoisotopic (exact) mass is 301 g/mol. The highest BCUT2D eigenvalue weighted by Crippen LogP contribution is 2.48. The van der Waals surface area contributed by atoms with Crippen molar-refractivity contribution in [3.63, 3.8) is 0 Å². The second kappa shape index (κ2) is 5.47. The summed E-state index contributed by atoms with van der Waals surface area (Å²) < 4.78 is 5.60. The van der Waals surface area contributed by atoms with Crippen molar-refractivity contribution in [3.05, 3.63) is 33.4 Å². The Bertz CT molecular complexity index is 656. The first-order chi connectivity index (χ1) is 10.2. The van der Waals surface area contributed by atoms with Gasteiger partial charge in [0.05, 0.1) is 17.6 Å². The van der Waals surface area contributed by atoms with Gasteiger partial charge < -0.3 is 10.5 Å². The van der Waals surface area contributed by atoms with E-state index in [1.54, 1.807) is 0 Å². The van der Waals surface area contributed by atoms with Gasteiger partial charge in [-0.05, 0) is 44.1 Å². The van der Waals surface area contributed by atoms with E-state index in [-0.39, 0.29) is 11.8 Å². The van der Waals surface area contributed by atoms with Crippen LogP contribution in [0, 0.1) is 34.5 Å². The van der Waals surface area contributed by atoms with Gasteiger partial charge in [0, 0.05) is 11.0 Å². The van der Waals surface area contributed by atoms with Crippen molar-refractivity contribution in [1.82, 2.24) is 0 Å². The molecule has 1 heterocycles. The van der Waals surface area contributed by atoms with E-state index in [1.807, 2.05) is 0 Å². The summed E-state index contributed by atoms with van der Waals surface area (Å²) in [5.41, 5.74) is 7.75. The molecule has 108 valence electrons. The van der Waals surface area contributed by atoms with Crippen molar-refractivity contribution in [3.8, 4) is 12.1 Å². The number of rotatable bonds is 2. The summed E-state index contributed by atoms with van der Waals surface area (Å²) in [6.07, 6.45) is 5.71. The summed E-state index contributed by atoms with van der Waals surface area (Å²) in [5, 5.41) is 19.8. The third kappa shape index (κ3) is 2.41. The van der Waals surface area contributed by atoms with Crippen LogP contribution in [0.5, 0.6) is 0 Å². The number of ether oxygens (including phenoxy) is 1. The highest BCUT2D eigenvalue weighted by molar-refractivity contribution is 6.30. The minimum atomic E-state index is -0.405. The Morgan fingerprint density at radius 3 is 2.33 bits per heavy atom. The van der Waals surface area contributed by atoms with Crippen molar-refractivity contribution in [2.45, 2.75) is 38.5 Å². The summed E-state index contributed by atoms with van der Waals surface area (Å²) >= 11 is 6.39. The molecule has 0 spiro atoms. The van der Waals surface area contributed by atoms with Gasteiger partial charge in [0.1, 0.15) is 17.4 Å². The second-order valence-corrected chi connectivity index (χ2v) is 6.18. The van der Waals surface area contributed by atoms with E-state index in [9.17, 15) is 10.5 Å². The molecule has 0 amide bonds. The molecule has 0 aromatic rings. The van der Waals surface area contributed by atoms with Crippen LogP contribution < -0.4 is 5.73 Å². The van der Waals surface area contributed by atoms with Crippen LogP contribution in [0.15, 0.2) is 33.4 Å². The van der Waals surface area contributed by atoms with Crippen LogP contribution >= 0.6 is 11.6 Å². The molecule has 1 saturated carbocycles. The van der Waals surface area contributed by atoms with E-state index in [0.717, 1.165) is 49.1 Å². The summed E-state index contributed by atoms with van der Waals surface area (Å²) in [4.78, 5) is 0. The first-order valence-corrected chi connectivity index (χ1v) is 7.64. The molecule has 1 fully saturated rings. The molecule has 5 heteroatoms. The maximum Gasteiger partial charge on any atom is 0.205 e. The number of halogens is 1. The number of nitrogens with zero attached hydrogens (tertiary/aromatic N) is 2. The zero-order valence-corrected chi connectivity index (χ0v) is 12.4. The van der Waals surface area contributed by atoms with Crippen molar-refractivity contribution < 1.29 is 4.74 Å². The van der Waals surface area contributed by atoms with Crippen LogP contribution in [-0.2, 0) is 4.74 Å². The van der Waals surface area contributed by atoms with E-state index in [4.69, 9.17) is 22.1 Å². The molecule has 0 aromatic carbocycles. The number of nitrogens with two attached hydrogens (primary N) is 1. The lowest BCUT2D eigenvalue weighted by Gasteiger charge is -2.30. The van der Waals surface area contributed by atoms with Gasteiger partial charge in [0.2, 0.25) is 5.88 Å². The Hall–Kier alpha value is -1.91. The maximum atomic E-state index is 9.60. The van der Waals surface area contributed by atoms with Gasteiger partial charge >= 0.3 is 0 Å². The van der Waals surface area contributed by atoms with Crippen molar-refractivity contribution >= 4 is 11.6 Å². The predicted octanol–water partition coefficient (Wildman–Crippen LogP) is 3.58. The Labute approximate surface area is 129 Å². The molecule has 1 unspecified atom stereocenters. The van der Waals surface area contributed by atoms with Crippen LogP contribution in [0.4, 0.5) is 0 Å². The van der Waals surface area contributed by atoms with Crippen molar-refractivity contribution in [1.29, 1.82) is 10.5 Å². The minimum Gasteiger partial charge on any atom is -0.444 e. The average Bonchev–Trinajstić information content (AvgIpc) is 3.31. The maximum absolute atomic E-state index is 9.60. The zero-order chi connectivity index (χ0) is 15.0. The molecule has 0 bridgehead atoms. The lowest BCUT2D eigenvalue weighted by Crippen LogP contribution is -2.25. The Kier molecular flexibility index (Phi) is 3.66. The van der Waals surface area contributed by atoms with E-state index in [2.05, 4.69) is 12.1 Å². The Balaban J connectivity index is 2.13. The number of nitriles is 2. The van der Waals surface area contributed by atoms with Gasteiger partial charge in [-0.3, -0.25) is 0 Å². The fraction of sp³-hybridized carbons (Fsp3) is 0.500. The first kappa shape index (κ1) is 14.0. The van der Waals surface area contributed by atoms with Crippen molar-refractivity contribution in [2.75, 3.05) is 0 Å². The highest BCUT2D eigenvalue weighted by Gasteiger charge is 2.41. The van der Waals surface area contributed by atoms with Gasteiger partial charge in [0.25, 0.3) is 0 Å². The van der Waals surface area contributed by atoms with Crippen LogP contribution in [0.3, 0.4) is 0 Å². The molecular formula is C16H16ClN3O. The lowest BCUT2D eigenvalue weighted by atomic mass is 9.78. The average molecular weight is 302 g/mol. The molecule has 3 rings (SSSR count).